The van der Waals surface area contributed by atoms with Crippen molar-refractivity contribution in [2.45, 2.75) is 0 Å². The molecule has 0 unspecified atom stereocenters. The van der Waals surface area contributed by atoms with Gasteiger partial charge in [-0.1, -0.05) is 29.5 Å². The van der Waals surface area contributed by atoms with E-state index in [9.17, 15) is 4.79 Å². The Morgan fingerprint density at radius 3 is 2.61 bits per heavy atom. The summed E-state index contributed by atoms with van der Waals surface area (Å²) in [6.07, 6.45) is 4.78. The molecule has 5 rings (SSSR count). The summed E-state index contributed by atoms with van der Waals surface area (Å²) in [5.41, 5.74) is 3.98. The summed E-state index contributed by atoms with van der Waals surface area (Å²) in [6, 6.07) is 16.3. The molecule has 36 heavy (non-hydrogen) atoms. The highest BCUT2D eigenvalue weighted by molar-refractivity contribution is 7.21. The molecule has 3 heterocycles. The number of methoxy groups -OCH3 is 2. The van der Waals surface area contributed by atoms with Crippen LogP contribution in [0.3, 0.4) is 0 Å². The number of hydrogen-bond acceptors (Lipinski definition) is 9. The van der Waals surface area contributed by atoms with Crippen molar-refractivity contribution in [1.82, 2.24) is 19.9 Å². The quantitative estimate of drug-likeness (QED) is 0.351. The lowest BCUT2D eigenvalue weighted by molar-refractivity contribution is 0.102. The number of rotatable bonds is 6. The molecule has 0 saturated carbocycles. The molecule has 176 valence electrons. The molecule has 1 N–H and O–H groups in total. The maximum Gasteiger partial charge on any atom is 0.258 e. The maximum absolute atomic E-state index is 13.2. The van der Waals surface area contributed by atoms with E-state index in [2.05, 4.69) is 31.3 Å². The van der Waals surface area contributed by atoms with E-state index >= 15 is 0 Å². The highest BCUT2D eigenvalue weighted by Crippen LogP contribution is 2.34. The van der Waals surface area contributed by atoms with Crippen LogP contribution in [0, 0.1) is 11.3 Å². The highest BCUT2D eigenvalue weighted by Gasteiger charge is 2.18. The SMILES string of the molecule is COc1cc(C#N)ccc1-c1cnc2nc(NC(=O)c3ccncc3-c3ccccc3OC)sc2n1. The van der Waals surface area contributed by atoms with Gasteiger partial charge in [0.15, 0.2) is 15.6 Å². The predicted octanol–water partition coefficient (Wildman–Crippen LogP) is 4.96. The van der Waals surface area contributed by atoms with Gasteiger partial charge in [-0.3, -0.25) is 15.1 Å². The van der Waals surface area contributed by atoms with Crippen molar-refractivity contribution in [3.8, 4) is 40.0 Å². The second-order valence-corrected chi connectivity index (χ2v) is 8.48. The van der Waals surface area contributed by atoms with Gasteiger partial charge in [-0.05, 0) is 30.3 Å². The predicted molar refractivity (Wildman–Crippen MR) is 136 cm³/mol. The van der Waals surface area contributed by atoms with Crippen LogP contribution in [-0.2, 0) is 0 Å². The molecule has 10 heteroatoms. The van der Waals surface area contributed by atoms with Crippen molar-refractivity contribution in [3.05, 3.63) is 78.2 Å². The third-order valence-electron chi connectivity index (χ3n) is 5.41. The summed E-state index contributed by atoms with van der Waals surface area (Å²) in [4.78, 5) is 31.4. The van der Waals surface area contributed by atoms with Gasteiger partial charge in [-0.25, -0.2) is 9.97 Å². The van der Waals surface area contributed by atoms with Gasteiger partial charge in [-0.2, -0.15) is 10.2 Å². The number of ether oxygens (including phenoxy) is 2. The molecule has 5 aromatic rings. The minimum absolute atomic E-state index is 0.341. The molecule has 0 saturated heterocycles. The molecule has 9 nitrogen and oxygen atoms in total. The summed E-state index contributed by atoms with van der Waals surface area (Å²) >= 11 is 1.21. The average molecular weight is 495 g/mol. The van der Waals surface area contributed by atoms with Gasteiger partial charge >= 0.3 is 0 Å². The van der Waals surface area contributed by atoms with E-state index in [1.54, 1.807) is 50.0 Å². The largest absolute Gasteiger partial charge is 0.496 e. The third-order valence-corrected chi connectivity index (χ3v) is 6.27. The molecule has 0 bridgehead atoms. The number of pyridine rings is 1. The monoisotopic (exact) mass is 494 g/mol. The number of carbonyl (C=O) groups excluding carboxylic acids is 1. The van der Waals surface area contributed by atoms with Crippen LogP contribution in [0.1, 0.15) is 15.9 Å². The maximum atomic E-state index is 13.2. The fraction of sp³-hybridized carbons (Fsp3) is 0.0769. The van der Waals surface area contributed by atoms with Crippen LogP contribution in [0.2, 0.25) is 0 Å². The number of nitrogens with one attached hydrogen (secondary N) is 1. The van der Waals surface area contributed by atoms with Gasteiger partial charge in [0.25, 0.3) is 5.91 Å². The summed E-state index contributed by atoms with van der Waals surface area (Å²) in [7, 11) is 3.11. The topological polar surface area (TPSA) is 123 Å². The van der Waals surface area contributed by atoms with E-state index in [-0.39, 0.29) is 5.91 Å². The smallest absolute Gasteiger partial charge is 0.258 e. The first kappa shape index (κ1) is 22.9. The number of thiazole rings is 1. The summed E-state index contributed by atoms with van der Waals surface area (Å²) in [5, 5.41) is 12.4. The molecule has 0 spiro atoms. The summed E-state index contributed by atoms with van der Waals surface area (Å²) in [6.45, 7) is 0. The van der Waals surface area contributed by atoms with Crippen LogP contribution in [0.4, 0.5) is 5.13 Å². The molecule has 0 aliphatic heterocycles. The number of hydrogen-bond donors (Lipinski definition) is 1. The normalized spacial score (nSPS) is 10.6. The van der Waals surface area contributed by atoms with Gasteiger partial charge in [-0.15, -0.1) is 0 Å². The number of fused-ring (bicyclic) bond motifs is 1. The van der Waals surface area contributed by atoms with Crippen molar-refractivity contribution in [2.75, 3.05) is 19.5 Å². The number of amides is 1. The minimum atomic E-state index is -0.341. The van der Waals surface area contributed by atoms with Crippen LogP contribution < -0.4 is 14.8 Å². The van der Waals surface area contributed by atoms with E-state index in [0.717, 1.165) is 5.56 Å². The Bertz CT molecular complexity index is 1640. The standard InChI is InChI=1S/C26H18N6O3S/c1-34-21-6-4-3-5-16(21)19-13-28-10-9-17(19)24(33)32-26-31-23-25(36-26)30-20(14-29-23)18-8-7-15(12-27)11-22(18)35-2/h3-11,13-14H,1-2H3,(H,29,31,32,33). The van der Waals surface area contributed by atoms with E-state index in [0.29, 0.717) is 55.1 Å². The number of carbonyl (C=O) groups is 1. The average Bonchev–Trinajstić information content (AvgIpc) is 3.34. The molecule has 0 aliphatic rings. The van der Waals surface area contributed by atoms with Gasteiger partial charge in [0.2, 0.25) is 0 Å². The van der Waals surface area contributed by atoms with E-state index in [1.807, 2.05) is 24.3 Å². The van der Waals surface area contributed by atoms with Gasteiger partial charge < -0.3 is 9.47 Å². The lowest BCUT2D eigenvalue weighted by atomic mass is 10.0. The molecule has 3 aromatic heterocycles. The van der Waals surface area contributed by atoms with Crippen molar-refractivity contribution in [1.29, 1.82) is 5.26 Å². The van der Waals surface area contributed by atoms with Crippen LogP contribution in [0.25, 0.3) is 32.9 Å². The van der Waals surface area contributed by atoms with Gasteiger partial charge in [0.05, 0.1) is 43.3 Å². The fourth-order valence-electron chi connectivity index (χ4n) is 3.72. The molecule has 0 atom stereocenters. The summed E-state index contributed by atoms with van der Waals surface area (Å²) < 4.78 is 10.9. The molecule has 0 radical (unpaired) electrons. The Labute approximate surface area is 210 Å². The summed E-state index contributed by atoms with van der Waals surface area (Å²) in [5.74, 6) is 0.812. The molecule has 0 aliphatic carbocycles. The Morgan fingerprint density at radius 1 is 0.972 bits per heavy atom. The number of aromatic nitrogens is 4. The van der Waals surface area contributed by atoms with Crippen LogP contribution in [0.15, 0.2) is 67.1 Å². The number of benzene rings is 2. The first-order valence-electron chi connectivity index (χ1n) is 10.7. The highest BCUT2D eigenvalue weighted by atomic mass is 32.1. The lowest BCUT2D eigenvalue weighted by Crippen LogP contribution is -2.13. The zero-order valence-electron chi connectivity index (χ0n) is 19.2. The van der Waals surface area contributed by atoms with E-state index < -0.39 is 0 Å². The van der Waals surface area contributed by atoms with Crippen molar-refractivity contribution in [2.24, 2.45) is 0 Å². The molecular formula is C26H18N6O3S. The molecule has 0 fully saturated rings. The number of nitrogens with zero attached hydrogens (tertiary/aromatic N) is 5. The van der Waals surface area contributed by atoms with E-state index in [1.165, 1.54) is 18.4 Å². The Kier molecular flexibility index (Phi) is 6.21. The first-order valence-corrected chi connectivity index (χ1v) is 11.5. The Balaban J connectivity index is 1.46. The first-order chi connectivity index (χ1) is 17.6. The van der Waals surface area contributed by atoms with Gasteiger partial charge in [0, 0.05) is 29.1 Å². The van der Waals surface area contributed by atoms with Crippen LogP contribution in [-0.4, -0.2) is 40.1 Å². The van der Waals surface area contributed by atoms with Crippen LogP contribution in [0.5, 0.6) is 11.5 Å². The number of nitriles is 1. The van der Waals surface area contributed by atoms with Crippen molar-refractivity contribution < 1.29 is 14.3 Å². The molecular weight excluding hydrogens is 476 g/mol. The Hall–Kier alpha value is -4.88. The van der Waals surface area contributed by atoms with E-state index in [4.69, 9.17) is 14.7 Å². The number of para-hydroxylation sites is 1. The minimum Gasteiger partial charge on any atom is -0.496 e. The lowest BCUT2D eigenvalue weighted by Gasteiger charge is -2.11. The zero-order chi connectivity index (χ0) is 25.1. The van der Waals surface area contributed by atoms with Gasteiger partial charge in [0.1, 0.15) is 11.5 Å². The molecule has 2 aromatic carbocycles. The zero-order valence-corrected chi connectivity index (χ0v) is 20.0. The Morgan fingerprint density at radius 2 is 1.81 bits per heavy atom. The van der Waals surface area contributed by atoms with Crippen molar-refractivity contribution >= 4 is 32.9 Å². The molecule has 1 amide bonds. The number of anilines is 1. The fourth-order valence-corrected chi connectivity index (χ4v) is 4.51. The van der Waals surface area contributed by atoms with Crippen molar-refractivity contribution in [3.63, 3.8) is 0 Å². The van der Waals surface area contributed by atoms with Crippen LogP contribution >= 0.6 is 11.3 Å². The second-order valence-electron chi connectivity index (χ2n) is 7.51. The second kappa shape index (κ2) is 9.77. The third kappa shape index (κ3) is 4.31.